The fourth-order valence-corrected chi connectivity index (χ4v) is 5.43. The Bertz CT molecular complexity index is 900. The van der Waals surface area contributed by atoms with Gasteiger partial charge in [-0.05, 0) is 49.2 Å². The Morgan fingerprint density at radius 3 is 2.42 bits per heavy atom. The van der Waals surface area contributed by atoms with E-state index in [4.69, 9.17) is 16.3 Å². The molecule has 0 bridgehead atoms. The van der Waals surface area contributed by atoms with Gasteiger partial charge in [0.2, 0.25) is 0 Å². The summed E-state index contributed by atoms with van der Waals surface area (Å²) in [5, 5.41) is 8.65. The van der Waals surface area contributed by atoms with Gasteiger partial charge in [0.15, 0.2) is 21.4 Å². The van der Waals surface area contributed by atoms with Crippen molar-refractivity contribution in [2.75, 3.05) is 13.2 Å². The van der Waals surface area contributed by atoms with Crippen LogP contribution in [-0.2, 0) is 9.84 Å². The van der Waals surface area contributed by atoms with Crippen molar-refractivity contribution in [3.05, 3.63) is 58.6 Å². The highest BCUT2D eigenvalue weighted by Gasteiger charge is 2.41. The molecule has 26 heavy (non-hydrogen) atoms. The number of hydrogen-bond donors (Lipinski definition) is 1. The highest BCUT2D eigenvalue weighted by atomic mass is 35.5. The van der Waals surface area contributed by atoms with Crippen LogP contribution in [-0.4, -0.2) is 26.7 Å². The zero-order valence-electron chi connectivity index (χ0n) is 13.7. The average Bonchev–Trinajstić information content (AvgIpc) is 2.59. The number of aliphatic hydroxyl groups is 1. The van der Waals surface area contributed by atoms with Gasteiger partial charge in [-0.2, -0.15) is 0 Å². The smallest absolute Gasteiger partial charge is 0.185 e. The van der Waals surface area contributed by atoms with Crippen LogP contribution < -0.4 is 4.74 Å². The maximum absolute atomic E-state index is 14.6. The highest BCUT2D eigenvalue weighted by Crippen LogP contribution is 2.44. The molecule has 2 atom stereocenters. The van der Waals surface area contributed by atoms with E-state index in [0.29, 0.717) is 17.9 Å². The lowest BCUT2D eigenvalue weighted by atomic mass is 9.93. The first-order chi connectivity index (χ1) is 12.4. The Labute approximate surface area is 155 Å². The van der Waals surface area contributed by atoms with E-state index < -0.39 is 45.0 Å². The summed E-state index contributed by atoms with van der Waals surface area (Å²) in [6.07, 6.45) is 0.705. The van der Waals surface area contributed by atoms with Crippen LogP contribution in [0.3, 0.4) is 0 Å². The number of halogens is 3. The van der Waals surface area contributed by atoms with Crippen molar-refractivity contribution in [1.82, 2.24) is 0 Å². The van der Waals surface area contributed by atoms with Crippen LogP contribution in [0.1, 0.15) is 23.7 Å². The molecule has 2 aromatic rings. The lowest BCUT2D eigenvalue weighted by Gasteiger charge is -2.30. The summed E-state index contributed by atoms with van der Waals surface area (Å²) in [6.45, 7) is -0.371. The lowest BCUT2D eigenvalue weighted by molar-refractivity contribution is 0.185. The van der Waals surface area contributed by atoms with E-state index in [1.54, 1.807) is 0 Å². The number of rotatable bonds is 3. The Hall–Kier alpha value is -1.70. The van der Waals surface area contributed by atoms with Gasteiger partial charge in [0, 0.05) is 17.5 Å². The number of aliphatic hydroxyl groups excluding tert-OH is 1. The SMILES string of the molecule is O=S(=O)(c1ccc(Cl)cc1)C1c2c(F)ccc(F)c2OCCCC1CO. The quantitative estimate of drug-likeness (QED) is 0.845. The molecule has 1 N–H and O–H groups in total. The first kappa shape index (κ1) is 19.1. The van der Waals surface area contributed by atoms with Crippen LogP contribution >= 0.6 is 11.6 Å². The summed E-state index contributed by atoms with van der Waals surface area (Å²) in [6, 6.07) is 7.20. The van der Waals surface area contributed by atoms with Crippen molar-refractivity contribution in [2.45, 2.75) is 23.0 Å². The number of ether oxygens (including phenoxy) is 1. The molecule has 0 saturated heterocycles. The molecule has 2 unspecified atom stereocenters. The monoisotopic (exact) mass is 402 g/mol. The van der Waals surface area contributed by atoms with Gasteiger partial charge in [-0.1, -0.05) is 11.6 Å². The Morgan fingerprint density at radius 1 is 1.12 bits per heavy atom. The molecular formula is C18H17ClF2O4S. The first-order valence-corrected chi connectivity index (χ1v) is 9.99. The lowest BCUT2D eigenvalue weighted by Crippen LogP contribution is -2.29. The van der Waals surface area contributed by atoms with Gasteiger partial charge in [0.05, 0.1) is 17.1 Å². The van der Waals surface area contributed by atoms with Gasteiger partial charge < -0.3 is 9.84 Å². The van der Waals surface area contributed by atoms with Crippen molar-refractivity contribution in [1.29, 1.82) is 0 Å². The average molecular weight is 403 g/mol. The van der Waals surface area contributed by atoms with Crippen molar-refractivity contribution < 1.29 is 27.0 Å². The summed E-state index contributed by atoms with van der Waals surface area (Å²) in [5.41, 5.74) is -0.376. The minimum absolute atomic E-state index is 0.0828. The van der Waals surface area contributed by atoms with E-state index in [2.05, 4.69) is 0 Å². The highest BCUT2D eigenvalue weighted by molar-refractivity contribution is 7.91. The van der Waals surface area contributed by atoms with Crippen LogP contribution in [0, 0.1) is 17.6 Å². The molecule has 140 valence electrons. The number of hydrogen-bond acceptors (Lipinski definition) is 4. The third kappa shape index (κ3) is 3.43. The van der Waals surface area contributed by atoms with Gasteiger partial charge in [0.1, 0.15) is 11.1 Å². The molecule has 0 spiro atoms. The minimum Gasteiger partial charge on any atom is -0.490 e. The second kappa shape index (κ2) is 7.50. The normalized spacial score (nSPS) is 20.6. The van der Waals surface area contributed by atoms with E-state index in [1.165, 1.54) is 24.3 Å². The largest absolute Gasteiger partial charge is 0.490 e. The minimum atomic E-state index is -4.14. The standard InChI is InChI=1S/C18H17ClF2O4S/c19-12-3-5-13(6-4-12)26(23,24)18-11(10-22)2-1-9-25-17-15(21)8-7-14(20)16(17)18/h3-8,11,18,22H,1-2,9-10H2. The topological polar surface area (TPSA) is 63.6 Å². The van der Waals surface area contributed by atoms with Crippen LogP contribution in [0.5, 0.6) is 5.75 Å². The fourth-order valence-electron chi connectivity index (χ4n) is 3.23. The van der Waals surface area contributed by atoms with Crippen LogP contribution in [0.2, 0.25) is 5.02 Å². The van der Waals surface area contributed by atoms with Crippen molar-refractivity contribution >= 4 is 21.4 Å². The maximum Gasteiger partial charge on any atom is 0.185 e. The number of benzene rings is 2. The first-order valence-electron chi connectivity index (χ1n) is 8.07. The molecular weight excluding hydrogens is 386 g/mol. The van der Waals surface area contributed by atoms with E-state index in [9.17, 15) is 22.3 Å². The van der Waals surface area contributed by atoms with Crippen LogP contribution in [0.25, 0.3) is 0 Å². The van der Waals surface area contributed by atoms with Crippen molar-refractivity contribution in [2.24, 2.45) is 5.92 Å². The summed E-state index contributed by atoms with van der Waals surface area (Å²) in [4.78, 5) is -0.0828. The predicted molar refractivity (Wildman–Crippen MR) is 93.0 cm³/mol. The fraction of sp³-hybridized carbons (Fsp3) is 0.333. The van der Waals surface area contributed by atoms with Gasteiger partial charge in [-0.25, -0.2) is 17.2 Å². The van der Waals surface area contributed by atoms with Gasteiger partial charge in [-0.15, -0.1) is 0 Å². The molecule has 0 radical (unpaired) electrons. The zero-order valence-corrected chi connectivity index (χ0v) is 15.2. The molecule has 0 saturated carbocycles. The van der Waals surface area contributed by atoms with Crippen LogP contribution in [0.15, 0.2) is 41.3 Å². The number of sulfone groups is 1. The zero-order chi connectivity index (χ0) is 18.9. The van der Waals surface area contributed by atoms with E-state index in [0.717, 1.165) is 12.1 Å². The molecule has 2 aromatic carbocycles. The molecule has 8 heteroatoms. The molecule has 0 fully saturated rings. The second-order valence-corrected chi connectivity index (χ2v) is 8.63. The molecule has 0 amide bonds. The van der Waals surface area contributed by atoms with E-state index in [-0.39, 0.29) is 17.1 Å². The molecule has 3 rings (SSSR count). The van der Waals surface area contributed by atoms with Gasteiger partial charge in [-0.3, -0.25) is 0 Å². The van der Waals surface area contributed by atoms with Crippen molar-refractivity contribution in [3.63, 3.8) is 0 Å². The van der Waals surface area contributed by atoms with Crippen LogP contribution in [0.4, 0.5) is 8.78 Å². The Morgan fingerprint density at radius 2 is 1.77 bits per heavy atom. The van der Waals surface area contributed by atoms with E-state index >= 15 is 0 Å². The summed E-state index contributed by atoms with van der Waals surface area (Å²) >= 11 is 5.81. The molecule has 4 nitrogen and oxygen atoms in total. The second-order valence-electron chi connectivity index (χ2n) is 6.12. The molecule has 1 aliphatic heterocycles. The Balaban J connectivity index is 2.25. The third-order valence-corrected chi connectivity index (χ3v) is 6.95. The third-order valence-electron chi connectivity index (χ3n) is 4.48. The maximum atomic E-state index is 14.6. The Kier molecular flexibility index (Phi) is 5.50. The molecule has 1 heterocycles. The summed E-state index contributed by atoms with van der Waals surface area (Å²) < 4.78 is 60.7. The van der Waals surface area contributed by atoms with Crippen molar-refractivity contribution in [3.8, 4) is 5.75 Å². The molecule has 0 aromatic heterocycles. The summed E-state index contributed by atoms with van der Waals surface area (Å²) in [7, 11) is -4.14. The molecule has 0 aliphatic carbocycles. The van der Waals surface area contributed by atoms with Gasteiger partial charge >= 0.3 is 0 Å². The predicted octanol–water partition coefficient (Wildman–Crippen LogP) is 3.91. The van der Waals surface area contributed by atoms with Gasteiger partial charge in [0.25, 0.3) is 0 Å². The van der Waals surface area contributed by atoms with E-state index in [1.807, 2.05) is 0 Å². The molecule has 1 aliphatic rings. The number of fused-ring (bicyclic) bond motifs is 1. The summed E-state index contributed by atoms with van der Waals surface area (Å²) in [5.74, 6) is -2.93.